The molecule has 0 aromatic carbocycles. The van der Waals surface area contributed by atoms with Gasteiger partial charge in [0.2, 0.25) is 5.91 Å². The van der Waals surface area contributed by atoms with E-state index in [1.165, 1.54) is 6.33 Å². The van der Waals surface area contributed by atoms with Gasteiger partial charge in [0.15, 0.2) is 0 Å². The number of carbonyl (C=O) groups excluding carboxylic acids is 1. The standard InChI is InChI=1S/C7H9N5O/c8-1-2-10-7(13)4-12-3-6(9)11-5-12/h3,5H,2,4,9H2,(H,10,13). The average molecular weight is 179 g/mol. The minimum absolute atomic E-state index is 0.0169. The average Bonchev–Trinajstić information content (AvgIpc) is 2.48. The molecular formula is C7H9N5O. The summed E-state index contributed by atoms with van der Waals surface area (Å²) in [4.78, 5) is 14.8. The van der Waals surface area contributed by atoms with E-state index >= 15 is 0 Å². The van der Waals surface area contributed by atoms with Crippen molar-refractivity contribution >= 4 is 11.7 Å². The van der Waals surface area contributed by atoms with Crippen LogP contribution >= 0.6 is 0 Å². The van der Waals surface area contributed by atoms with Crippen LogP contribution in [0.2, 0.25) is 0 Å². The van der Waals surface area contributed by atoms with E-state index in [2.05, 4.69) is 10.3 Å². The van der Waals surface area contributed by atoms with Gasteiger partial charge >= 0.3 is 0 Å². The minimum Gasteiger partial charge on any atom is -0.382 e. The zero-order valence-electron chi connectivity index (χ0n) is 6.90. The fourth-order valence-corrected chi connectivity index (χ4v) is 0.824. The van der Waals surface area contributed by atoms with Gasteiger partial charge in [0.1, 0.15) is 18.9 Å². The van der Waals surface area contributed by atoms with Crippen LogP contribution in [0.15, 0.2) is 12.5 Å². The quantitative estimate of drug-likeness (QED) is 0.588. The van der Waals surface area contributed by atoms with Crippen LogP contribution in [0.5, 0.6) is 0 Å². The van der Waals surface area contributed by atoms with E-state index in [4.69, 9.17) is 11.0 Å². The Morgan fingerprint density at radius 2 is 2.62 bits per heavy atom. The number of hydrogen-bond acceptors (Lipinski definition) is 4. The van der Waals surface area contributed by atoms with Crippen molar-refractivity contribution in [3.8, 4) is 6.07 Å². The lowest BCUT2D eigenvalue weighted by Gasteiger charge is -2.00. The molecule has 1 heterocycles. The van der Waals surface area contributed by atoms with Crippen molar-refractivity contribution in [1.29, 1.82) is 5.26 Å². The van der Waals surface area contributed by atoms with Gasteiger partial charge in [-0.3, -0.25) is 4.79 Å². The minimum atomic E-state index is -0.237. The van der Waals surface area contributed by atoms with Crippen LogP contribution in [-0.2, 0) is 11.3 Å². The molecule has 0 bridgehead atoms. The van der Waals surface area contributed by atoms with Gasteiger partial charge in [-0.05, 0) is 0 Å². The first-order chi connectivity index (χ1) is 6.22. The number of nitriles is 1. The predicted octanol–water partition coefficient (Wildman–Crippen LogP) is -0.895. The Morgan fingerprint density at radius 1 is 1.85 bits per heavy atom. The number of nitrogens with zero attached hydrogens (tertiary/aromatic N) is 3. The molecule has 1 aromatic rings. The van der Waals surface area contributed by atoms with Gasteiger partial charge in [-0.1, -0.05) is 0 Å². The number of hydrogen-bond donors (Lipinski definition) is 2. The van der Waals surface area contributed by atoms with Gasteiger partial charge in [-0.2, -0.15) is 5.26 Å². The number of anilines is 1. The first-order valence-corrected chi connectivity index (χ1v) is 3.63. The Balaban J connectivity index is 2.41. The van der Waals surface area contributed by atoms with Gasteiger partial charge in [0.25, 0.3) is 0 Å². The number of rotatable bonds is 3. The Labute approximate surface area is 75.0 Å². The molecule has 0 aliphatic heterocycles. The van der Waals surface area contributed by atoms with Crippen LogP contribution in [-0.4, -0.2) is 22.0 Å². The smallest absolute Gasteiger partial charge is 0.240 e. The molecule has 0 unspecified atom stereocenters. The number of imidazole rings is 1. The number of aromatic nitrogens is 2. The van der Waals surface area contributed by atoms with Crippen molar-refractivity contribution in [2.24, 2.45) is 0 Å². The zero-order chi connectivity index (χ0) is 9.68. The maximum Gasteiger partial charge on any atom is 0.240 e. The summed E-state index contributed by atoms with van der Waals surface area (Å²) in [5.41, 5.74) is 5.34. The highest BCUT2D eigenvalue weighted by atomic mass is 16.1. The maximum atomic E-state index is 11.0. The monoisotopic (exact) mass is 179 g/mol. The third kappa shape index (κ3) is 2.83. The van der Waals surface area contributed by atoms with Gasteiger partial charge in [-0.25, -0.2) is 4.98 Å². The molecule has 3 N–H and O–H groups in total. The molecule has 0 radical (unpaired) electrons. The van der Waals surface area contributed by atoms with Gasteiger partial charge in [-0.15, -0.1) is 0 Å². The van der Waals surface area contributed by atoms with Crippen LogP contribution in [0.1, 0.15) is 0 Å². The Morgan fingerprint density at radius 3 is 3.15 bits per heavy atom. The highest BCUT2D eigenvalue weighted by Gasteiger charge is 2.01. The van der Waals surface area contributed by atoms with E-state index in [1.54, 1.807) is 10.8 Å². The molecule has 0 fully saturated rings. The molecule has 0 saturated carbocycles. The molecule has 1 aromatic heterocycles. The third-order valence-electron chi connectivity index (χ3n) is 1.34. The second-order valence-corrected chi connectivity index (χ2v) is 2.41. The molecule has 13 heavy (non-hydrogen) atoms. The summed E-state index contributed by atoms with van der Waals surface area (Å²) in [6.45, 7) is 0.148. The predicted molar refractivity (Wildman–Crippen MR) is 45.3 cm³/mol. The van der Waals surface area contributed by atoms with Crippen molar-refractivity contribution in [2.75, 3.05) is 12.3 Å². The molecule has 6 heteroatoms. The van der Waals surface area contributed by atoms with Gasteiger partial charge < -0.3 is 15.6 Å². The van der Waals surface area contributed by atoms with E-state index in [9.17, 15) is 4.79 Å². The van der Waals surface area contributed by atoms with Gasteiger partial charge in [0, 0.05) is 6.20 Å². The van der Waals surface area contributed by atoms with E-state index in [0.717, 1.165) is 0 Å². The Kier molecular flexibility index (Phi) is 2.87. The summed E-state index contributed by atoms with van der Waals surface area (Å²) in [6.07, 6.45) is 3.01. The first-order valence-electron chi connectivity index (χ1n) is 3.63. The van der Waals surface area contributed by atoms with Crippen LogP contribution < -0.4 is 11.1 Å². The number of nitrogens with two attached hydrogens (primary N) is 1. The van der Waals surface area contributed by atoms with Crippen molar-refractivity contribution < 1.29 is 4.79 Å². The van der Waals surface area contributed by atoms with Crippen molar-refractivity contribution in [3.05, 3.63) is 12.5 Å². The van der Waals surface area contributed by atoms with Crippen LogP contribution in [0.3, 0.4) is 0 Å². The van der Waals surface area contributed by atoms with Crippen LogP contribution in [0.25, 0.3) is 0 Å². The van der Waals surface area contributed by atoms with Crippen LogP contribution in [0.4, 0.5) is 5.82 Å². The van der Waals surface area contributed by atoms with E-state index < -0.39 is 0 Å². The van der Waals surface area contributed by atoms with E-state index in [0.29, 0.717) is 5.82 Å². The highest BCUT2D eigenvalue weighted by Crippen LogP contribution is 1.95. The highest BCUT2D eigenvalue weighted by molar-refractivity contribution is 5.75. The lowest BCUT2D eigenvalue weighted by molar-refractivity contribution is -0.121. The first kappa shape index (κ1) is 9.06. The molecule has 0 saturated heterocycles. The van der Waals surface area contributed by atoms with Crippen molar-refractivity contribution in [3.63, 3.8) is 0 Å². The molecule has 68 valence electrons. The number of amides is 1. The second kappa shape index (κ2) is 4.11. The molecule has 0 aliphatic carbocycles. The summed E-state index contributed by atoms with van der Waals surface area (Å²) in [5, 5.41) is 10.6. The fraction of sp³-hybridized carbons (Fsp3) is 0.286. The van der Waals surface area contributed by atoms with E-state index in [-0.39, 0.29) is 19.0 Å². The van der Waals surface area contributed by atoms with E-state index in [1.807, 2.05) is 6.07 Å². The fourth-order valence-electron chi connectivity index (χ4n) is 0.824. The molecule has 1 rings (SSSR count). The van der Waals surface area contributed by atoms with Crippen molar-refractivity contribution in [1.82, 2.24) is 14.9 Å². The maximum absolute atomic E-state index is 11.0. The summed E-state index contributed by atoms with van der Waals surface area (Å²) in [7, 11) is 0. The summed E-state index contributed by atoms with van der Waals surface area (Å²) in [5.74, 6) is 0.132. The number of nitrogen functional groups attached to an aromatic ring is 1. The molecule has 6 nitrogen and oxygen atoms in total. The normalized spacial score (nSPS) is 9.15. The molecule has 0 atom stereocenters. The Bertz CT molecular complexity index is 337. The molecule has 0 spiro atoms. The molecule has 0 aliphatic rings. The second-order valence-electron chi connectivity index (χ2n) is 2.41. The number of carbonyl (C=O) groups is 1. The van der Waals surface area contributed by atoms with Gasteiger partial charge in [0.05, 0.1) is 12.4 Å². The lowest BCUT2D eigenvalue weighted by atomic mass is 10.5. The SMILES string of the molecule is N#CCNC(=O)Cn1cnc(N)c1. The zero-order valence-corrected chi connectivity index (χ0v) is 6.90. The third-order valence-corrected chi connectivity index (χ3v) is 1.34. The number of nitrogens with one attached hydrogen (secondary N) is 1. The van der Waals surface area contributed by atoms with Crippen LogP contribution in [0, 0.1) is 11.3 Å². The topological polar surface area (TPSA) is 96.7 Å². The van der Waals surface area contributed by atoms with Crippen molar-refractivity contribution in [2.45, 2.75) is 6.54 Å². The molecular weight excluding hydrogens is 170 g/mol. The molecule has 1 amide bonds. The summed E-state index contributed by atoms with van der Waals surface area (Å²) in [6, 6.07) is 1.81. The summed E-state index contributed by atoms with van der Waals surface area (Å²) < 4.78 is 1.54. The largest absolute Gasteiger partial charge is 0.382 e. The summed E-state index contributed by atoms with van der Waals surface area (Å²) >= 11 is 0. The Hall–Kier alpha value is -2.03. The lowest BCUT2D eigenvalue weighted by Crippen LogP contribution is -2.27.